The molecule has 1 nitrogen and oxygen atoms in total. The van der Waals surface area contributed by atoms with E-state index >= 15 is 0 Å². The predicted molar refractivity (Wildman–Crippen MR) is 43.0 cm³/mol. The lowest BCUT2D eigenvalue weighted by Gasteiger charge is -1.86. The molecule has 2 rings (SSSR count). The van der Waals surface area contributed by atoms with Crippen LogP contribution in [0.3, 0.4) is 0 Å². The monoisotopic (exact) mass is 132 g/mol. The van der Waals surface area contributed by atoms with E-state index in [2.05, 4.69) is 4.98 Å². The van der Waals surface area contributed by atoms with Crippen LogP contribution < -0.4 is 0 Å². The molecule has 0 saturated carbocycles. The SMILES string of the molecule is [2H]Cc1c[nH]c2ccccc12. The van der Waals surface area contributed by atoms with Gasteiger partial charge in [-0.05, 0) is 18.5 Å². The number of H-pyrrole nitrogens is 1. The second-order valence-corrected chi connectivity index (χ2v) is 2.36. The molecule has 0 spiro atoms. The van der Waals surface area contributed by atoms with E-state index in [1.54, 1.807) is 0 Å². The van der Waals surface area contributed by atoms with Crippen LogP contribution in [0.2, 0.25) is 0 Å². The van der Waals surface area contributed by atoms with Gasteiger partial charge in [-0.2, -0.15) is 0 Å². The van der Waals surface area contributed by atoms with Crippen molar-refractivity contribution in [1.82, 2.24) is 4.98 Å². The fourth-order valence-corrected chi connectivity index (χ4v) is 1.13. The third-order valence-corrected chi connectivity index (χ3v) is 1.67. The van der Waals surface area contributed by atoms with Crippen LogP contribution in [0.5, 0.6) is 0 Å². The highest BCUT2D eigenvalue weighted by Crippen LogP contribution is 2.15. The molecule has 0 aliphatic rings. The van der Waals surface area contributed by atoms with Crippen LogP contribution in [-0.2, 0) is 0 Å². The minimum Gasteiger partial charge on any atom is -0.361 e. The largest absolute Gasteiger partial charge is 0.361 e. The van der Waals surface area contributed by atoms with Crippen LogP contribution in [0.4, 0.5) is 0 Å². The third-order valence-electron chi connectivity index (χ3n) is 1.67. The van der Waals surface area contributed by atoms with E-state index in [0.717, 1.165) is 11.1 Å². The van der Waals surface area contributed by atoms with Gasteiger partial charge < -0.3 is 4.98 Å². The number of benzene rings is 1. The maximum atomic E-state index is 7.22. The Bertz CT molecular complexity index is 364. The zero-order valence-electron chi connectivity index (χ0n) is 6.59. The van der Waals surface area contributed by atoms with E-state index in [-0.39, 0.29) is 0 Å². The van der Waals surface area contributed by atoms with Crippen molar-refractivity contribution in [2.24, 2.45) is 0 Å². The lowest BCUT2D eigenvalue weighted by atomic mass is 10.2. The van der Waals surface area contributed by atoms with Crippen LogP contribution in [0.25, 0.3) is 10.9 Å². The number of para-hydroxylation sites is 1. The maximum absolute atomic E-state index is 7.22. The summed E-state index contributed by atoms with van der Waals surface area (Å²) in [5.74, 6) is 0. The average Bonchev–Trinajstić information content (AvgIpc) is 2.47. The molecule has 0 saturated heterocycles. The van der Waals surface area contributed by atoms with Crippen LogP contribution in [0.15, 0.2) is 30.5 Å². The number of aryl methyl sites for hydroxylation is 1. The quantitative estimate of drug-likeness (QED) is 0.566. The van der Waals surface area contributed by atoms with Crippen molar-refractivity contribution >= 4 is 10.9 Å². The van der Waals surface area contributed by atoms with E-state index < -0.39 is 0 Å². The molecule has 1 N–H and O–H groups in total. The molecular weight excluding hydrogens is 122 g/mol. The number of aromatic nitrogens is 1. The summed E-state index contributed by atoms with van der Waals surface area (Å²) < 4.78 is 7.22. The Hall–Kier alpha value is -1.24. The van der Waals surface area contributed by atoms with Crippen molar-refractivity contribution in [3.8, 4) is 0 Å². The van der Waals surface area contributed by atoms with Crippen molar-refractivity contribution in [3.05, 3.63) is 36.0 Å². The number of nitrogens with one attached hydrogen (secondary N) is 1. The van der Waals surface area contributed by atoms with Crippen LogP contribution in [0.1, 0.15) is 6.93 Å². The third kappa shape index (κ3) is 0.637. The van der Waals surface area contributed by atoms with Gasteiger partial charge in [-0.15, -0.1) is 0 Å². The molecule has 1 heterocycles. The molecule has 0 bridgehead atoms. The summed E-state index contributed by atoms with van der Waals surface area (Å²) in [5, 5.41) is 1.17. The van der Waals surface area contributed by atoms with Gasteiger partial charge in [-0.25, -0.2) is 0 Å². The number of aromatic amines is 1. The summed E-state index contributed by atoms with van der Waals surface area (Å²) in [6.07, 6.45) is 1.90. The molecule has 0 unspecified atom stereocenters. The van der Waals surface area contributed by atoms with E-state index in [1.165, 1.54) is 5.39 Å². The van der Waals surface area contributed by atoms with Crippen molar-refractivity contribution in [3.63, 3.8) is 0 Å². The number of fused-ring (bicyclic) bond motifs is 1. The smallest absolute Gasteiger partial charge is 0.0456 e. The Morgan fingerprint density at radius 2 is 2.30 bits per heavy atom. The van der Waals surface area contributed by atoms with Crippen LogP contribution >= 0.6 is 0 Å². The van der Waals surface area contributed by atoms with E-state index in [4.69, 9.17) is 1.37 Å². The highest BCUT2D eigenvalue weighted by Gasteiger charge is 1.94. The molecule has 0 amide bonds. The maximum Gasteiger partial charge on any atom is 0.0456 e. The molecule has 0 atom stereocenters. The molecule has 1 aromatic carbocycles. The minimum atomic E-state index is 0.351. The van der Waals surface area contributed by atoms with Gasteiger partial charge in [0.2, 0.25) is 0 Å². The minimum absolute atomic E-state index is 0.351. The van der Waals surface area contributed by atoms with Gasteiger partial charge in [0.1, 0.15) is 0 Å². The highest BCUT2D eigenvalue weighted by molar-refractivity contribution is 5.82. The van der Waals surface area contributed by atoms with Gasteiger partial charge in [0.05, 0.1) is 0 Å². The van der Waals surface area contributed by atoms with Gasteiger partial charge in [0.25, 0.3) is 0 Å². The number of hydrogen-bond donors (Lipinski definition) is 1. The first-order chi connectivity index (χ1) is 5.42. The van der Waals surface area contributed by atoms with E-state index in [9.17, 15) is 0 Å². The first-order valence-corrected chi connectivity index (χ1v) is 3.26. The van der Waals surface area contributed by atoms with Gasteiger partial charge in [0, 0.05) is 18.5 Å². The number of rotatable bonds is 0. The van der Waals surface area contributed by atoms with Gasteiger partial charge in [0.15, 0.2) is 0 Å². The fraction of sp³-hybridized carbons (Fsp3) is 0.111. The van der Waals surface area contributed by atoms with Crippen LogP contribution in [-0.4, -0.2) is 4.98 Å². The second-order valence-electron chi connectivity index (χ2n) is 2.36. The molecular formula is C9H9N. The predicted octanol–water partition coefficient (Wildman–Crippen LogP) is 2.48. The fourth-order valence-electron chi connectivity index (χ4n) is 1.13. The van der Waals surface area contributed by atoms with E-state index in [1.807, 2.05) is 30.5 Å². The highest BCUT2D eigenvalue weighted by atomic mass is 14.7. The van der Waals surface area contributed by atoms with Gasteiger partial charge >= 0.3 is 0 Å². The van der Waals surface area contributed by atoms with Crippen molar-refractivity contribution in [2.45, 2.75) is 6.90 Å². The Labute approximate surface area is 61.1 Å². The Morgan fingerprint density at radius 3 is 3.20 bits per heavy atom. The molecule has 0 aliphatic carbocycles. The summed E-state index contributed by atoms with van der Waals surface area (Å²) in [7, 11) is 0. The summed E-state index contributed by atoms with van der Waals surface area (Å²) in [5.41, 5.74) is 2.19. The number of hydrogen-bond acceptors (Lipinski definition) is 0. The Morgan fingerprint density at radius 1 is 1.40 bits per heavy atom. The normalized spacial score (nSPS) is 11.8. The lowest BCUT2D eigenvalue weighted by molar-refractivity contribution is 1.43. The van der Waals surface area contributed by atoms with Crippen molar-refractivity contribution < 1.29 is 1.37 Å². The molecule has 0 fully saturated rings. The molecule has 2 aromatic rings. The topological polar surface area (TPSA) is 15.8 Å². The second kappa shape index (κ2) is 1.87. The summed E-state index contributed by atoms with van der Waals surface area (Å²) in [6.45, 7) is 0.351. The zero-order valence-corrected chi connectivity index (χ0v) is 5.59. The average molecular weight is 132 g/mol. The molecule has 0 aliphatic heterocycles. The van der Waals surface area contributed by atoms with Gasteiger partial charge in [-0.1, -0.05) is 18.2 Å². The molecule has 1 aromatic heterocycles. The summed E-state index contributed by atoms with van der Waals surface area (Å²) >= 11 is 0. The summed E-state index contributed by atoms with van der Waals surface area (Å²) in [6, 6.07) is 8.05. The van der Waals surface area contributed by atoms with Gasteiger partial charge in [-0.3, -0.25) is 0 Å². The standard InChI is InChI=1S/C9H9N/c1-7-6-10-9-5-3-2-4-8(7)9/h2-6,10H,1H3/i1D. The van der Waals surface area contributed by atoms with Crippen molar-refractivity contribution in [2.75, 3.05) is 0 Å². The Balaban J connectivity index is 2.76. The zero-order chi connectivity index (χ0) is 7.68. The first-order valence-electron chi connectivity index (χ1n) is 3.97. The summed E-state index contributed by atoms with van der Waals surface area (Å²) in [4.78, 5) is 3.12. The van der Waals surface area contributed by atoms with Crippen molar-refractivity contribution in [1.29, 1.82) is 0 Å². The molecule has 50 valence electrons. The first kappa shape index (κ1) is 4.56. The Kier molecular flexibility index (Phi) is 0.853. The van der Waals surface area contributed by atoms with E-state index in [0.29, 0.717) is 6.90 Å². The molecule has 10 heavy (non-hydrogen) atoms. The lowest BCUT2D eigenvalue weighted by Crippen LogP contribution is -1.64. The molecule has 1 heteroatoms. The van der Waals surface area contributed by atoms with Crippen LogP contribution in [0, 0.1) is 6.90 Å². The molecule has 0 radical (unpaired) electrons.